The maximum atomic E-state index is 13.2. The summed E-state index contributed by atoms with van der Waals surface area (Å²) in [5.74, 6) is 2.27. The third-order valence-electron chi connectivity index (χ3n) is 5.75. The highest BCUT2D eigenvalue weighted by Gasteiger charge is 2.33. The Bertz CT molecular complexity index is 1120. The summed E-state index contributed by atoms with van der Waals surface area (Å²) < 4.78 is 1.91. The molecule has 5 rings (SSSR count). The molecule has 1 unspecified atom stereocenters. The van der Waals surface area contributed by atoms with Crippen LogP contribution in [0.4, 0.5) is 5.82 Å². The fourth-order valence-electron chi connectivity index (χ4n) is 4.11. The molecule has 6 heteroatoms. The molecule has 1 aliphatic heterocycles. The number of pyridine rings is 1. The van der Waals surface area contributed by atoms with Gasteiger partial charge in [-0.3, -0.25) is 9.36 Å². The van der Waals surface area contributed by atoms with E-state index in [2.05, 4.69) is 16.0 Å². The Labute approximate surface area is 163 Å². The number of hydrogen-bond acceptors (Lipinski definition) is 5. The minimum atomic E-state index is 0.0245. The molecule has 1 saturated heterocycles. The van der Waals surface area contributed by atoms with E-state index < -0.39 is 0 Å². The van der Waals surface area contributed by atoms with Crippen molar-refractivity contribution < 1.29 is 0 Å². The van der Waals surface area contributed by atoms with Gasteiger partial charge in [0.25, 0.3) is 5.56 Å². The van der Waals surface area contributed by atoms with Crippen molar-refractivity contribution >= 4 is 16.7 Å². The topological polar surface area (TPSA) is 74.8 Å². The Morgan fingerprint density at radius 2 is 2.00 bits per heavy atom. The number of anilines is 1. The lowest BCUT2D eigenvalue weighted by molar-refractivity contribution is 0.526. The number of benzene rings is 1. The number of para-hydroxylation sites is 1. The molecule has 0 bridgehead atoms. The predicted octanol–water partition coefficient (Wildman–Crippen LogP) is 3.41. The summed E-state index contributed by atoms with van der Waals surface area (Å²) >= 11 is 0. The molecular weight excluding hydrogens is 350 g/mol. The molecule has 0 amide bonds. The standard InChI is InChI=1S/C22H21N5O/c23-12-16-9-10-20(24-13-16)26-11-3-6-19(26)21-25-18-5-2-1-4-17(18)22(28)27(21)14-15-7-8-15/h1-2,4-5,9-10,13,15,19H,3,6-8,11,14H2. The van der Waals surface area contributed by atoms with Crippen LogP contribution in [0.15, 0.2) is 47.4 Å². The zero-order valence-corrected chi connectivity index (χ0v) is 15.6. The molecule has 1 aliphatic carbocycles. The van der Waals surface area contributed by atoms with E-state index in [4.69, 9.17) is 10.2 Å². The van der Waals surface area contributed by atoms with Gasteiger partial charge >= 0.3 is 0 Å². The van der Waals surface area contributed by atoms with Gasteiger partial charge in [0.05, 0.1) is 22.5 Å². The summed E-state index contributed by atoms with van der Waals surface area (Å²) in [7, 11) is 0. The molecule has 2 aliphatic rings. The molecular formula is C22H21N5O. The van der Waals surface area contributed by atoms with Gasteiger partial charge in [0.2, 0.25) is 0 Å². The third kappa shape index (κ3) is 2.93. The molecule has 1 saturated carbocycles. The lowest BCUT2D eigenvalue weighted by Gasteiger charge is -2.27. The maximum Gasteiger partial charge on any atom is 0.261 e. The normalized spacial score (nSPS) is 19.1. The number of rotatable bonds is 4. The molecule has 0 radical (unpaired) electrons. The first-order valence-electron chi connectivity index (χ1n) is 9.87. The Kier molecular flexibility index (Phi) is 4.09. The molecule has 3 heterocycles. The van der Waals surface area contributed by atoms with Gasteiger partial charge < -0.3 is 4.90 Å². The van der Waals surface area contributed by atoms with Crippen molar-refractivity contribution in [3.63, 3.8) is 0 Å². The predicted molar refractivity (Wildman–Crippen MR) is 107 cm³/mol. The highest BCUT2D eigenvalue weighted by atomic mass is 16.1. The first-order valence-corrected chi connectivity index (χ1v) is 9.87. The van der Waals surface area contributed by atoms with E-state index in [-0.39, 0.29) is 11.6 Å². The van der Waals surface area contributed by atoms with Crippen molar-refractivity contribution in [1.29, 1.82) is 5.26 Å². The second kappa shape index (κ2) is 6.75. The summed E-state index contributed by atoms with van der Waals surface area (Å²) in [6.45, 7) is 1.62. The number of hydrogen-bond donors (Lipinski definition) is 0. The molecule has 0 N–H and O–H groups in total. The minimum absolute atomic E-state index is 0.0245. The van der Waals surface area contributed by atoms with Crippen molar-refractivity contribution in [2.45, 2.75) is 38.3 Å². The van der Waals surface area contributed by atoms with E-state index in [1.807, 2.05) is 34.9 Å². The SMILES string of the molecule is N#Cc1ccc(N2CCCC2c2nc3ccccc3c(=O)n2CC2CC2)nc1. The summed E-state index contributed by atoms with van der Waals surface area (Å²) in [6, 6.07) is 13.4. The number of aromatic nitrogens is 3. The van der Waals surface area contributed by atoms with Crippen LogP contribution >= 0.6 is 0 Å². The van der Waals surface area contributed by atoms with Crippen molar-refractivity contribution in [3.8, 4) is 6.07 Å². The lowest BCUT2D eigenvalue weighted by atomic mass is 10.1. The number of nitriles is 1. The molecule has 140 valence electrons. The Morgan fingerprint density at radius 3 is 2.75 bits per heavy atom. The summed E-state index contributed by atoms with van der Waals surface area (Å²) in [6.07, 6.45) is 5.94. The number of nitrogens with zero attached hydrogens (tertiary/aromatic N) is 5. The van der Waals surface area contributed by atoms with Crippen LogP contribution in [0.1, 0.15) is 43.1 Å². The zero-order chi connectivity index (χ0) is 19.1. The second-order valence-corrected chi connectivity index (χ2v) is 7.71. The van der Waals surface area contributed by atoms with Crippen molar-refractivity contribution in [2.24, 2.45) is 5.92 Å². The van der Waals surface area contributed by atoms with Crippen LogP contribution in [0, 0.1) is 17.2 Å². The van der Waals surface area contributed by atoms with Crippen LogP contribution in [0.3, 0.4) is 0 Å². The molecule has 0 spiro atoms. The summed E-state index contributed by atoms with van der Waals surface area (Å²) in [5, 5.41) is 9.72. The highest BCUT2D eigenvalue weighted by Crippen LogP contribution is 2.36. The van der Waals surface area contributed by atoms with E-state index in [1.165, 1.54) is 12.8 Å². The molecule has 2 aromatic heterocycles. The fraction of sp³-hybridized carbons (Fsp3) is 0.364. The van der Waals surface area contributed by atoms with Crippen LogP contribution in [0.25, 0.3) is 10.9 Å². The first-order chi connectivity index (χ1) is 13.7. The fourth-order valence-corrected chi connectivity index (χ4v) is 4.11. The lowest BCUT2D eigenvalue weighted by Crippen LogP contribution is -2.33. The van der Waals surface area contributed by atoms with Gasteiger partial charge in [-0.05, 0) is 55.9 Å². The van der Waals surface area contributed by atoms with Crippen molar-refractivity contribution in [1.82, 2.24) is 14.5 Å². The zero-order valence-electron chi connectivity index (χ0n) is 15.6. The van der Waals surface area contributed by atoms with Gasteiger partial charge in [0.1, 0.15) is 17.7 Å². The van der Waals surface area contributed by atoms with Gasteiger partial charge in [0, 0.05) is 19.3 Å². The van der Waals surface area contributed by atoms with E-state index in [1.54, 1.807) is 12.3 Å². The Morgan fingerprint density at radius 1 is 1.14 bits per heavy atom. The van der Waals surface area contributed by atoms with Crippen LogP contribution in [0.2, 0.25) is 0 Å². The summed E-state index contributed by atoms with van der Waals surface area (Å²) in [5.41, 5.74) is 1.37. The molecule has 6 nitrogen and oxygen atoms in total. The van der Waals surface area contributed by atoms with E-state index >= 15 is 0 Å². The average Bonchev–Trinajstić information content (AvgIpc) is 3.43. The van der Waals surface area contributed by atoms with Gasteiger partial charge in [-0.2, -0.15) is 5.26 Å². The molecule has 3 aromatic rings. The smallest absolute Gasteiger partial charge is 0.261 e. The van der Waals surface area contributed by atoms with E-state index in [0.717, 1.165) is 43.1 Å². The van der Waals surface area contributed by atoms with Gasteiger partial charge in [-0.1, -0.05) is 12.1 Å². The quantitative estimate of drug-likeness (QED) is 0.702. The monoisotopic (exact) mass is 371 g/mol. The Hall–Kier alpha value is -3.20. The van der Waals surface area contributed by atoms with Crippen LogP contribution in [-0.4, -0.2) is 21.1 Å². The van der Waals surface area contributed by atoms with Gasteiger partial charge in [-0.15, -0.1) is 0 Å². The van der Waals surface area contributed by atoms with Crippen LogP contribution in [-0.2, 0) is 6.54 Å². The van der Waals surface area contributed by atoms with E-state index in [0.29, 0.717) is 16.9 Å². The van der Waals surface area contributed by atoms with Gasteiger partial charge in [0.15, 0.2) is 0 Å². The van der Waals surface area contributed by atoms with Gasteiger partial charge in [-0.25, -0.2) is 9.97 Å². The average molecular weight is 371 g/mol. The summed E-state index contributed by atoms with van der Waals surface area (Å²) in [4.78, 5) is 24.9. The molecule has 28 heavy (non-hydrogen) atoms. The first kappa shape index (κ1) is 16.9. The largest absolute Gasteiger partial charge is 0.346 e. The highest BCUT2D eigenvalue weighted by molar-refractivity contribution is 5.77. The maximum absolute atomic E-state index is 13.2. The number of fused-ring (bicyclic) bond motifs is 1. The van der Waals surface area contributed by atoms with Crippen molar-refractivity contribution in [3.05, 3.63) is 64.3 Å². The molecule has 2 fully saturated rings. The van der Waals surface area contributed by atoms with Crippen molar-refractivity contribution in [2.75, 3.05) is 11.4 Å². The molecule has 1 atom stereocenters. The third-order valence-corrected chi connectivity index (χ3v) is 5.75. The van der Waals surface area contributed by atoms with Crippen LogP contribution < -0.4 is 10.5 Å². The van der Waals surface area contributed by atoms with E-state index in [9.17, 15) is 4.79 Å². The second-order valence-electron chi connectivity index (χ2n) is 7.71. The Balaban J connectivity index is 1.62. The van der Waals surface area contributed by atoms with Crippen LogP contribution in [0.5, 0.6) is 0 Å². The minimum Gasteiger partial charge on any atom is -0.346 e. The molecule has 1 aromatic carbocycles.